The number of aryl methyl sites for hydroxylation is 1. The fourth-order valence-corrected chi connectivity index (χ4v) is 2.06. The van der Waals surface area contributed by atoms with Crippen molar-refractivity contribution < 1.29 is 0 Å². The predicted molar refractivity (Wildman–Crippen MR) is 79.2 cm³/mol. The zero-order valence-corrected chi connectivity index (χ0v) is 11.3. The molecule has 0 radical (unpaired) electrons. The molecule has 0 aliphatic rings. The molecule has 3 rings (SSSR count). The summed E-state index contributed by atoms with van der Waals surface area (Å²) in [6.07, 6.45) is 8.27. The standard InChI is InChI=1S/C17H15N3/c1-13-2-3-14(11-19-13)10-15-4-5-17(20-12-15)16-6-8-18-9-7-16/h2-9,11-12H,10H2,1H3. The normalized spacial score (nSPS) is 10.4. The molecular formula is C17H15N3. The first-order valence-corrected chi connectivity index (χ1v) is 6.58. The van der Waals surface area contributed by atoms with Crippen LogP contribution >= 0.6 is 0 Å². The molecule has 0 aliphatic heterocycles. The molecule has 0 atom stereocenters. The van der Waals surface area contributed by atoms with Crippen molar-refractivity contribution in [2.75, 3.05) is 0 Å². The van der Waals surface area contributed by atoms with Gasteiger partial charge in [0.25, 0.3) is 0 Å². The van der Waals surface area contributed by atoms with Crippen LogP contribution in [0, 0.1) is 6.92 Å². The van der Waals surface area contributed by atoms with Crippen LogP contribution in [0.15, 0.2) is 61.2 Å². The van der Waals surface area contributed by atoms with Gasteiger partial charge in [0.15, 0.2) is 0 Å². The molecule has 20 heavy (non-hydrogen) atoms. The molecule has 0 fully saturated rings. The van der Waals surface area contributed by atoms with Crippen LogP contribution in [0.5, 0.6) is 0 Å². The highest BCUT2D eigenvalue weighted by atomic mass is 14.7. The van der Waals surface area contributed by atoms with E-state index in [9.17, 15) is 0 Å². The van der Waals surface area contributed by atoms with Crippen LogP contribution in [-0.4, -0.2) is 15.0 Å². The van der Waals surface area contributed by atoms with E-state index >= 15 is 0 Å². The van der Waals surface area contributed by atoms with Crippen LogP contribution in [0.3, 0.4) is 0 Å². The van der Waals surface area contributed by atoms with Gasteiger partial charge in [-0.2, -0.15) is 0 Å². The van der Waals surface area contributed by atoms with Crippen LogP contribution in [0.1, 0.15) is 16.8 Å². The molecule has 0 N–H and O–H groups in total. The molecule has 0 unspecified atom stereocenters. The highest BCUT2D eigenvalue weighted by molar-refractivity contribution is 5.58. The lowest BCUT2D eigenvalue weighted by Gasteiger charge is -2.04. The van der Waals surface area contributed by atoms with E-state index in [1.807, 2.05) is 43.6 Å². The fourth-order valence-electron chi connectivity index (χ4n) is 2.06. The molecule has 0 saturated heterocycles. The summed E-state index contributed by atoms with van der Waals surface area (Å²) < 4.78 is 0. The van der Waals surface area contributed by atoms with E-state index in [1.54, 1.807) is 12.4 Å². The summed E-state index contributed by atoms with van der Waals surface area (Å²) in [6.45, 7) is 1.99. The molecular weight excluding hydrogens is 246 g/mol. The van der Waals surface area contributed by atoms with Crippen LogP contribution < -0.4 is 0 Å². The molecule has 3 aromatic heterocycles. The summed E-state index contributed by atoms with van der Waals surface area (Å²) in [4.78, 5) is 12.8. The van der Waals surface area contributed by atoms with Gasteiger partial charge >= 0.3 is 0 Å². The summed E-state index contributed by atoms with van der Waals surface area (Å²) in [5.74, 6) is 0. The molecule has 0 spiro atoms. The molecule has 0 aliphatic carbocycles. The van der Waals surface area contributed by atoms with E-state index < -0.39 is 0 Å². The Labute approximate surface area is 118 Å². The minimum absolute atomic E-state index is 0.858. The molecule has 0 bridgehead atoms. The zero-order chi connectivity index (χ0) is 13.8. The van der Waals surface area contributed by atoms with Crippen molar-refractivity contribution in [3.63, 3.8) is 0 Å². The average molecular weight is 261 g/mol. The van der Waals surface area contributed by atoms with Gasteiger partial charge < -0.3 is 0 Å². The van der Waals surface area contributed by atoms with E-state index in [2.05, 4.69) is 27.1 Å². The maximum absolute atomic E-state index is 4.51. The summed E-state index contributed by atoms with van der Waals surface area (Å²) in [5.41, 5.74) is 5.49. The summed E-state index contributed by atoms with van der Waals surface area (Å²) >= 11 is 0. The minimum Gasteiger partial charge on any atom is -0.265 e. The fraction of sp³-hybridized carbons (Fsp3) is 0.118. The zero-order valence-electron chi connectivity index (χ0n) is 11.3. The molecule has 0 aromatic carbocycles. The van der Waals surface area contributed by atoms with Gasteiger partial charge in [-0.15, -0.1) is 0 Å². The monoisotopic (exact) mass is 261 g/mol. The minimum atomic E-state index is 0.858. The SMILES string of the molecule is Cc1ccc(Cc2ccc(-c3ccncc3)nc2)cn1. The smallest absolute Gasteiger partial charge is 0.0703 e. The van der Waals surface area contributed by atoms with Gasteiger partial charge in [0.05, 0.1) is 5.69 Å². The van der Waals surface area contributed by atoms with Gasteiger partial charge in [-0.3, -0.25) is 15.0 Å². The average Bonchev–Trinajstić information content (AvgIpc) is 2.51. The first kappa shape index (κ1) is 12.5. The highest BCUT2D eigenvalue weighted by Crippen LogP contribution is 2.16. The van der Waals surface area contributed by atoms with Crippen molar-refractivity contribution >= 4 is 0 Å². The van der Waals surface area contributed by atoms with Gasteiger partial charge in [-0.25, -0.2) is 0 Å². The van der Waals surface area contributed by atoms with Crippen molar-refractivity contribution in [3.8, 4) is 11.3 Å². The third-order valence-corrected chi connectivity index (χ3v) is 3.18. The maximum Gasteiger partial charge on any atom is 0.0703 e. The lowest BCUT2D eigenvalue weighted by atomic mass is 10.1. The van der Waals surface area contributed by atoms with E-state index in [4.69, 9.17) is 0 Å². The third-order valence-electron chi connectivity index (χ3n) is 3.18. The first-order chi connectivity index (χ1) is 9.81. The van der Waals surface area contributed by atoms with E-state index in [1.165, 1.54) is 11.1 Å². The van der Waals surface area contributed by atoms with Crippen LogP contribution in [0.25, 0.3) is 11.3 Å². The van der Waals surface area contributed by atoms with Crippen LogP contribution in [0.4, 0.5) is 0 Å². The first-order valence-electron chi connectivity index (χ1n) is 6.58. The molecule has 3 nitrogen and oxygen atoms in total. The summed E-state index contributed by atoms with van der Waals surface area (Å²) in [7, 11) is 0. The quantitative estimate of drug-likeness (QED) is 0.725. The van der Waals surface area contributed by atoms with E-state index in [-0.39, 0.29) is 0 Å². The maximum atomic E-state index is 4.51. The Morgan fingerprint density at radius 3 is 2.10 bits per heavy atom. The van der Waals surface area contributed by atoms with Crippen LogP contribution in [-0.2, 0) is 6.42 Å². The van der Waals surface area contributed by atoms with Crippen molar-refractivity contribution in [1.82, 2.24) is 15.0 Å². The summed E-state index contributed by atoms with van der Waals surface area (Å²) in [5, 5.41) is 0. The van der Waals surface area contributed by atoms with Gasteiger partial charge in [-0.1, -0.05) is 12.1 Å². The van der Waals surface area contributed by atoms with Crippen molar-refractivity contribution in [2.45, 2.75) is 13.3 Å². The predicted octanol–water partition coefficient (Wildman–Crippen LogP) is 3.44. The summed E-state index contributed by atoms with van der Waals surface area (Å²) in [6, 6.07) is 12.2. The van der Waals surface area contributed by atoms with E-state index in [0.717, 1.165) is 23.4 Å². The highest BCUT2D eigenvalue weighted by Gasteiger charge is 2.01. The molecule has 3 aromatic rings. The molecule has 0 amide bonds. The van der Waals surface area contributed by atoms with Crippen molar-refractivity contribution in [3.05, 3.63) is 78.0 Å². The van der Waals surface area contributed by atoms with Crippen molar-refractivity contribution in [2.24, 2.45) is 0 Å². The van der Waals surface area contributed by atoms with Gasteiger partial charge in [0, 0.05) is 42.5 Å². The van der Waals surface area contributed by atoms with Gasteiger partial charge in [-0.05, 0) is 42.3 Å². The second-order valence-corrected chi connectivity index (χ2v) is 4.77. The number of pyridine rings is 3. The number of hydrogen-bond acceptors (Lipinski definition) is 3. The number of rotatable bonds is 3. The Balaban J connectivity index is 1.78. The lowest BCUT2D eigenvalue weighted by molar-refractivity contribution is 1.09. The Kier molecular flexibility index (Phi) is 3.50. The molecule has 0 saturated carbocycles. The Bertz CT molecular complexity index is 674. The number of aromatic nitrogens is 3. The molecule has 98 valence electrons. The number of nitrogens with zero attached hydrogens (tertiary/aromatic N) is 3. The van der Waals surface area contributed by atoms with Gasteiger partial charge in [0.1, 0.15) is 0 Å². The Morgan fingerprint density at radius 2 is 1.50 bits per heavy atom. The number of hydrogen-bond donors (Lipinski definition) is 0. The Hall–Kier alpha value is -2.55. The second-order valence-electron chi connectivity index (χ2n) is 4.77. The third kappa shape index (κ3) is 2.88. The van der Waals surface area contributed by atoms with E-state index in [0.29, 0.717) is 0 Å². The van der Waals surface area contributed by atoms with Crippen LogP contribution in [0.2, 0.25) is 0 Å². The Morgan fingerprint density at radius 1 is 0.800 bits per heavy atom. The van der Waals surface area contributed by atoms with Gasteiger partial charge in [0.2, 0.25) is 0 Å². The molecule has 3 heterocycles. The van der Waals surface area contributed by atoms with Crippen molar-refractivity contribution in [1.29, 1.82) is 0 Å². The molecule has 3 heteroatoms. The topological polar surface area (TPSA) is 38.7 Å². The largest absolute Gasteiger partial charge is 0.265 e. The lowest BCUT2D eigenvalue weighted by Crippen LogP contribution is -1.92. The second kappa shape index (κ2) is 5.61.